The van der Waals surface area contributed by atoms with Gasteiger partial charge in [0.15, 0.2) is 0 Å². The molecule has 0 heterocycles. The molecular weight excluding hydrogens is 329 g/mol. The van der Waals surface area contributed by atoms with Crippen molar-refractivity contribution in [1.82, 2.24) is 5.32 Å². The summed E-state index contributed by atoms with van der Waals surface area (Å²) in [6.07, 6.45) is 2.47. The van der Waals surface area contributed by atoms with Crippen molar-refractivity contribution in [2.75, 3.05) is 0 Å². The van der Waals surface area contributed by atoms with Crippen LogP contribution in [-0.2, 0) is 4.79 Å². The highest BCUT2D eigenvalue weighted by atomic mass is 79.9. The molecule has 1 saturated carbocycles. The Morgan fingerprint density at radius 1 is 1.25 bits per heavy atom. The number of hydrogen-bond acceptors (Lipinski definition) is 2. The Morgan fingerprint density at radius 3 is 2.45 bits per heavy atom. The Bertz CT molecular complexity index is 527. The van der Waals surface area contributed by atoms with Crippen molar-refractivity contribution in [2.24, 2.45) is 5.92 Å². The lowest BCUT2D eigenvalue weighted by Crippen LogP contribution is -2.38. The lowest BCUT2D eigenvalue weighted by molar-refractivity contribution is -0.142. The average Bonchev–Trinajstić information content (AvgIpc) is 2.42. The van der Waals surface area contributed by atoms with E-state index in [2.05, 4.69) is 21.2 Å². The Hall–Kier alpha value is -1.43. The van der Waals surface area contributed by atoms with E-state index < -0.39 is 11.8 Å². The van der Waals surface area contributed by atoms with Crippen LogP contribution in [0.2, 0.25) is 0 Å². The van der Waals surface area contributed by atoms with Crippen molar-refractivity contribution in [3.63, 3.8) is 0 Å². The molecule has 0 spiro atoms. The fraction of sp³-hybridized carbons (Fsp3) is 0.429. The van der Waals surface area contributed by atoms with Crippen LogP contribution < -0.4 is 5.32 Å². The predicted molar refractivity (Wildman–Crippen MR) is 74.9 cm³/mol. The van der Waals surface area contributed by atoms with Gasteiger partial charge in [0.1, 0.15) is 5.82 Å². The van der Waals surface area contributed by atoms with Crippen LogP contribution in [0, 0.1) is 11.7 Å². The van der Waals surface area contributed by atoms with E-state index in [0.29, 0.717) is 31.2 Å². The van der Waals surface area contributed by atoms with Crippen LogP contribution in [0.5, 0.6) is 0 Å². The molecule has 1 aromatic rings. The number of carboxylic acids is 1. The maximum Gasteiger partial charge on any atom is 0.306 e. The summed E-state index contributed by atoms with van der Waals surface area (Å²) in [6, 6.07) is 4.09. The summed E-state index contributed by atoms with van der Waals surface area (Å²) in [7, 11) is 0. The highest BCUT2D eigenvalue weighted by Crippen LogP contribution is 2.25. The molecule has 108 valence electrons. The van der Waals surface area contributed by atoms with Crippen LogP contribution in [0.4, 0.5) is 4.39 Å². The molecule has 1 aliphatic rings. The monoisotopic (exact) mass is 343 g/mol. The Balaban J connectivity index is 1.92. The summed E-state index contributed by atoms with van der Waals surface area (Å²) in [5.74, 6) is -1.74. The fourth-order valence-corrected chi connectivity index (χ4v) is 2.77. The maximum absolute atomic E-state index is 13.1. The summed E-state index contributed by atoms with van der Waals surface area (Å²) in [6.45, 7) is 0. The van der Waals surface area contributed by atoms with Crippen molar-refractivity contribution in [2.45, 2.75) is 31.7 Å². The van der Waals surface area contributed by atoms with E-state index in [1.54, 1.807) is 0 Å². The smallest absolute Gasteiger partial charge is 0.306 e. The second-order valence-corrected chi connectivity index (χ2v) is 5.84. The van der Waals surface area contributed by atoms with Crippen molar-refractivity contribution >= 4 is 27.8 Å². The standard InChI is InChI=1S/C14H15BrFNO3/c15-11-7-9(3-6-12(11)16)13(18)17-10-4-1-8(2-5-10)14(19)20/h3,6-8,10H,1-2,4-5H2,(H,17,18)(H,19,20). The minimum atomic E-state index is -0.766. The highest BCUT2D eigenvalue weighted by Gasteiger charge is 2.26. The van der Waals surface area contributed by atoms with Gasteiger partial charge in [0.25, 0.3) is 5.91 Å². The van der Waals surface area contributed by atoms with Gasteiger partial charge < -0.3 is 10.4 Å². The lowest BCUT2D eigenvalue weighted by atomic mass is 9.86. The van der Waals surface area contributed by atoms with E-state index >= 15 is 0 Å². The van der Waals surface area contributed by atoms with Gasteiger partial charge in [0.2, 0.25) is 0 Å². The summed E-state index contributed by atoms with van der Waals surface area (Å²) >= 11 is 3.04. The van der Waals surface area contributed by atoms with Crippen molar-refractivity contribution in [3.05, 3.63) is 34.1 Å². The zero-order valence-electron chi connectivity index (χ0n) is 10.7. The molecule has 0 saturated heterocycles. The van der Waals surface area contributed by atoms with Crippen molar-refractivity contribution in [1.29, 1.82) is 0 Å². The van der Waals surface area contributed by atoms with Gasteiger partial charge in [-0.1, -0.05) is 0 Å². The normalized spacial score (nSPS) is 22.3. The van der Waals surface area contributed by atoms with Gasteiger partial charge in [0.05, 0.1) is 10.4 Å². The molecule has 1 fully saturated rings. The van der Waals surface area contributed by atoms with Crippen LogP contribution in [0.15, 0.2) is 22.7 Å². The van der Waals surface area contributed by atoms with E-state index in [1.807, 2.05) is 0 Å². The zero-order chi connectivity index (χ0) is 14.7. The predicted octanol–water partition coefficient (Wildman–Crippen LogP) is 2.96. The number of rotatable bonds is 3. The molecule has 2 rings (SSSR count). The molecule has 6 heteroatoms. The number of carboxylic acid groups (broad SMARTS) is 1. The van der Waals surface area contributed by atoms with Gasteiger partial charge in [-0.2, -0.15) is 0 Å². The minimum absolute atomic E-state index is 0.0121. The first-order valence-corrected chi connectivity index (χ1v) is 7.25. The van der Waals surface area contributed by atoms with Gasteiger partial charge in [-0.15, -0.1) is 0 Å². The van der Waals surface area contributed by atoms with Gasteiger partial charge in [-0.25, -0.2) is 4.39 Å². The summed E-state index contributed by atoms with van der Waals surface area (Å²) in [5.41, 5.74) is 0.388. The molecular formula is C14H15BrFNO3. The van der Waals surface area contributed by atoms with E-state index in [-0.39, 0.29) is 22.3 Å². The quantitative estimate of drug-likeness (QED) is 0.886. The third-order valence-electron chi connectivity index (χ3n) is 3.59. The Labute approximate surface area is 124 Å². The first-order chi connectivity index (χ1) is 9.47. The molecule has 4 nitrogen and oxygen atoms in total. The summed E-state index contributed by atoms with van der Waals surface area (Å²) < 4.78 is 13.4. The van der Waals surface area contributed by atoms with E-state index in [9.17, 15) is 14.0 Å². The molecule has 0 unspecified atom stereocenters. The number of carbonyl (C=O) groups excluding carboxylic acids is 1. The lowest BCUT2D eigenvalue weighted by Gasteiger charge is -2.26. The van der Waals surface area contributed by atoms with Crippen LogP contribution in [0.1, 0.15) is 36.0 Å². The Morgan fingerprint density at radius 2 is 1.90 bits per heavy atom. The van der Waals surface area contributed by atoms with Crippen LogP contribution in [0.25, 0.3) is 0 Å². The van der Waals surface area contributed by atoms with Gasteiger partial charge in [-0.3, -0.25) is 9.59 Å². The third kappa shape index (κ3) is 3.56. The number of halogens is 2. The molecule has 0 bridgehead atoms. The van der Waals surface area contributed by atoms with Crippen molar-refractivity contribution < 1.29 is 19.1 Å². The minimum Gasteiger partial charge on any atom is -0.481 e. The number of amides is 1. The number of nitrogens with one attached hydrogen (secondary N) is 1. The summed E-state index contributed by atoms with van der Waals surface area (Å²) in [4.78, 5) is 22.9. The van der Waals surface area contributed by atoms with Crippen LogP contribution in [-0.4, -0.2) is 23.0 Å². The molecule has 1 amide bonds. The molecule has 0 atom stereocenters. The second kappa shape index (κ2) is 6.35. The third-order valence-corrected chi connectivity index (χ3v) is 4.20. The molecule has 1 aliphatic carbocycles. The molecule has 0 aromatic heterocycles. The van der Waals surface area contributed by atoms with E-state index in [1.165, 1.54) is 18.2 Å². The average molecular weight is 344 g/mol. The summed E-state index contributed by atoms with van der Waals surface area (Å²) in [5, 5.41) is 11.8. The second-order valence-electron chi connectivity index (χ2n) is 4.99. The first-order valence-electron chi connectivity index (χ1n) is 6.46. The molecule has 2 N–H and O–H groups in total. The highest BCUT2D eigenvalue weighted by molar-refractivity contribution is 9.10. The first kappa shape index (κ1) is 15.0. The molecule has 1 aromatic carbocycles. The number of hydrogen-bond donors (Lipinski definition) is 2. The Kier molecular flexibility index (Phi) is 4.75. The van der Waals surface area contributed by atoms with Crippen LogP contribution in [0.3, 0.4) is 0 Å². The fourth-order valence-electron chi connectivity index (χ4n) is 2.39. The van der Waals surface area contributed by atoms with Crippen LogP contribution >= 0.6 is 15.9 Å². The molecule has 20 heavy (non-hydrogen) atoms. The van der Waals surface area contributed by atoms with E-state index in [0.717, 1.165) is 0 Å². The topological polar surface area (TPSA) is 66.4 Å². The van der Waals surface area contributed by atoms with E-state index in [4.69, 9.17) is 5.11 Å². The molecule has 0 aliphatic heterocycles. The van der Waals surface area contributed by atoms with Gasteiger partial charge >= 0.3 is 5.97 Å². The molecule has 0 radical (unpaired) electrons. The zero-order valence-corrected chi connectivity index (χ0v) is 12.3. The van der Waals surface area contributed by atoms with Crippen molar-refractivity contribution in [3.8, 4) is 0 Å². The maximum atomic E-state index is 13.1. The number of benzene rings is 1. The van der Waals surface area contributed by atoms with Gasteiger partial charge in [0, 0.05) is 11.6 Å². The number of aliphatic carboxylic acids is 1. The largest absolute Gasteiger partial charge is 0.481 e. The SMILES string of the molecule is O=C(NC1CCC(C(=O)O)CC1)c1ccc(F)c(Br)c1. The van der Waals surface area contributed by atoms with Gasteiger partial charge in [-0.05, 0) is 59.8 Å². The number of carbonyl (C=O) groups is 2.